The summed E-state index contributed by atoms with van der Waals surface area (Å²) >= 11 is 0. The van der Waals surface area contributed by atoms with Crippen LogP contribution in [0.1, 0.15) is 23.0 Å². The highest BCUT2D eigenvalue weighted by atomic mass is 16.5. The van der Waals surface area contributed by atoms with Crippen LogP contribution in [0.5, 0.6) is 11.5 Å². The van der Waals surface area contributed by atoms with Gasteiger partial charge < -0.3 is 23.9 Å². The zero-order chi connectivity index (χ0) is 19.2. The average molecular weight is 368 g/mol. The molecule has 0 spiro atoms. The molecule has 0 radical (unpaired) electrons. The predicted molar refractivity (Wildman–Crippen MR) is 99.9 cm³/mol. The minimum absolute atomic E-state index is 0.202. The van der Waals surface area contributed by atoms with E-state index in [1.54, 1.807) is 31.5 Å². The Kier molecular flexibility index (Phi) is 5.61. The molecule has 0 atom stereocenters. The molecule has 27 heavy (non-hydrogen) atoms. The third-order valence-electron chi connectivity index (χ3n) is 3.96. The number of hydrogen-bond donors (Lipinski definition) is 1. The Balaban J connectivity index is 2.04. The van der Waals surface area contributed by atoms with Gasteiger partial charge in [-0.05, 0) is 37.3 Å². The molecular weight excluding hydrogens is 348 g/mol. The summed E-state index contributed by atoms with van der Waals surface area (Å²) in [6, 6.07) is 12.3. The van der Waals surface area contributed by atoms with E-state index in [0.717, 1.165) is 5.69 Å². The first-order valence-corrected chi connectivity index (χ1v) is 8.41. The predicted octanol–water partition coefficient (Wildman–Crippen LogP) is 4.12. The summed E-state index contributed by atoms with van der Waals surface area (Å²) in [4.78, 5) is 17.2. The summed E-state index contributed by atoms with van der Waals surface area (Å²) in [6.45, 7) is 2.80. The summed E-state index contributed by atoms with van der Waals surface area (Å²) in [5.74, 6) is 0.887. The van der Waals surface area contributed by atoms with E-state index in [0.29, 0.717) is 36.1 Å². The zero-order valence-electron chi connectivity index (χ0n) is 15.1. The van der Waals surface area contributed by atoms with Crippen molar-refractivity contribution >= 4 is 17.3 Å². The molecule has 0 saturated carbocycles. The van der Waals surface area contributed by atoms with Gasteiger partial charge in [0.25, 0.3) is 0 Å². The second kappa shape index (κ2) is 8.27. The molecule has 1 heterocycles. The monoisotopic (exact) mass is 368 g/mol. The van der Waals surface area contributed by atoms with E-state index in [1.807, 2.05) is 36.1 Å². The van der Waals surface area contributed by atoms with Crippen LogP contribution in [0.25, 0.3) is 0 Å². The molecule has 0 aliphatic carbocycles. The molecule has 0 aliphatic rings. The van der Waals surface area contributed by atoms with Crippen LogP contribution in [0.4, 0.5) is 11.4 Å². The Morgan fingerprint density at radius 2 is 2.00 bits per heavy atom. The van der Waals surface area contributed by atoms with Gasteiger partial charge in [-0.25, -0.2) is 9.78 Å². The number of carboxylic acids is 1. The topological polar surface area (TPSA) is 85.0 Å². The lowest BCUT2D eigenvalue weighted by Gasteiger charge is -2.25. The van der Waals surface area contributed by atoms with Gasteiger partial charge in [-0.3, -0.25) is 0 Å². The normalized spacial score (nSPS) is 10.4. The number of nitrogens with zero attached hydrogens (tertiary/aromatic N) is 2. The van der Waals surface area contributed by atoms with E-state index in [1.165, 1.54) is 6.39 Å². The molecule has 3 aromatic rings. The molecule has 0 aliphatic heterocycles. The van der Waals surface area contributed by atoms with Crippen molar-refractivity contribution in [1.29, 1.82) is 0 Å². The number of hydrogen-bond acceptors (Lipinski definition) is 6. The maximum Gasteiger partial charge on any atom is 0.335 e. The molecular formula is C20H20N2O5. The highest BCUT2D eigenvalue weighted by Gasteiger charge is 2.16. The van der Waals surface area contributed by atoms with Crippen LogP contribution < -0.4 is 14.4 Å². The molecule has 0 saturated heterocycles. The zero-order valence-corrected chi connectivity index (χ0v) is 15.1. The van der Waals surface area contributed by atoms with Crippen molar-refractivity contribution in [2.75, 3.05) is 18.6 Å². The van der Waals surface area contributed by atoms with Gasteiger partial charge in [0, 0.05) is 17.4 Å². The maximum atomic E-state index is 11.4. The van der Waals surface area contributed by atoms with Gasteiger partial charge in [0.05, 0.1) is 32.0 Å². The molecule has 1 aromatic heterocycles. The molecule has 7 heteroatoms. The molecule has 0 unspecified atom stereocenters. The number of rotatable bonds is 8. The van der Waals surface area contributed by atoms with Crippen molar-refractivity contribution in [3.8, 4) is 11.5 Å². The van der Waals surface area contributed by atoms with Crippen LogP contribution in [0.15, 0.2) is 59.5 Å². The molecule has 3 rings (SSSR count). The highest BCUT2D eigenvalue weighted by Crippen LogP contribution is 2.36. The fourth-order valence-electron chi connectivity index (χ4n) is 2.71. The van der Waals surface area contributed by atoms with Gasteiger partial charge in [0.1, 0.15) is 5.76 Å². The van der Waals surface area contributed by atoms with Gasteiger partial charge >= 0.3 is 5.97 Å². The standard InChI is InChI=1S/C20H20N2O5/c1-3-26-18-8-7-16(10-19(18)25-2)22(12-17-11-21-13-27-17)15-6-4-5-14(9-15)20(23)24/h4-11,13H,3,12H2,1-2H3,(H,23,24). The number of ether oxygens (including phenoxy) is 2. The number of benzene rings is 2. The smallest absolute Gasteiger partial charge is 0.335 e. The van der Waals surface area contributed by atoms with Crippen molar-refractivity contribution in [3.05, 3.63) is 66.4 Å². The van der Waals surface area contributed by atoms with Gasteiger partial charge in [0.2, 0.25) is 0 Å². The Morgan fingerprint density at radius 1 is 1.19 bits per heavy atom. The number of methoxy groups -OCH3 is 1. The largest absolute Gasteiger partial charge is 0.493 e. The van der Waals surface area contributed by atoms with Crippen molar-refractivity contribution in [2.24, 2.45) is 0 Å². The molecule has 7 nitrogen and oxygen atoms in total. The Bertz CT molecular complexity index is 908. The summed E-state index contributed by atoms with van der Waals surface area (Å²) in [5.41, 5.74) is 1.71. The third kappa shape index (κ3) is 4.20. The Labute approximate surface area is 156 Å². The number of anilines is 2. The molecule has 140 valence electrons. The van der Waals surface area contributed by atoms with E-state index in [2.05, 4.69) is 4.98 Å². The first-order chi connectivity index (χ1) is 13.1. The summed E-state index contributed by atoms with van der Waals surface area (Å²) in [7, 11) is 1.58. The number of oxazole rings is 1. The van der Waals surface area contributed by atoms with Crippen LogP contribution in [-0.2, 0) is 6.54 Å². The lowest BCUT2D eigenvalue weighted by Crippen LogP contribution is -2.17. The van der Waals surface area contributed by atoms with Crippen LogP contribution >= 0.6 is 0 Å². The van der Waals surface area contributed by atoms with Gasteiger partial charge in [-0.2, -0.15) is 0 Å². The van der Waals surface area contributed by atoms with E-state index >= 15 is 0 Å². The fourth-order valence-corrected chi connectivity index (χ4v) is 2.71. The van der Waals surface area contributed by atoms with Crippen LogP contribution in [-0.4, -0.2) is 29.8 Å². The second-order valence-corrected chi connectivity index (χ2v) is 5.68. The first kappa shape index (κ1) is 18.3. The summed E-state index contributed by atoms with van der Waals surface area (Å²) in [6.07, 6.45) is 2.99. The number of aromatic carboxylic acids is 1. The average Bonchev–Trinajstić information content (AvgIpc) is 3.20. The minimum Gasteiger partial charge on any atom is -0.493 e. The summed E-state index contributed by atoms with van der Waals surface area (Å²) in [5, 5.41) is 9.31. The first-order valence-electron chi connectivity index (χ1n) is 8.41. The molecule has 0 fully saturated rings. The molecule has 1 N–H and O–H groups in total. The van der Waals surface area contributed by atoms with Crippen molar-refractivity contribution < 1.29 is 23.8 Å². The molecule has 0 bridgehead atoms. The van der Waals surface area contributed by atoms with Gasteiger partial charge in [0.15, 0.2) is 17.9 Å². The quantitative estimate of drug-likeness (QED) is 0.640. The third-order valence-corrected chi connectivity index (χ3v) is 3.96. The number of aromatic nitrogens is 1. The number of carbonyl (C=O) groups is 1. The minimum atomic E-state index is -0.985. The lowest BCUT2D eigenvalue weighted by molar-refractivity contribution is 0.0697. The van der Waals surface area contributed by atoms with E-state index in [9.17, 15) is 9.90 Å². The van der Waals surface area contributed by atoms with Crippen LogP contribution in [0, 0.1) is 0 Å². The SMILES string of the molecule is CCOc1ccc(N(Cc2cnco2)c2cccc(C(=O)O)c2)cc1OC. The Morgan fingerprint density at radius 3 is 2.67 bits per heavy atom. The van der Waals surface area contributed by atoms with Gasteiger partial charge in [-0.1, -0.05) is 6.07 Å². The highest BCUT2D eigenvalue weighted by molar-refractivity contribution is 5.89. The Hall–Kier alpha value is -3.48. The lowest BCUT2D eigenvalue weighted by atomic mass is 10.1. The van der Waals surface area contributed by atoms with Crippen LogP contribution in [0.2, 0.25) is 0 Å². The second-order valence-electron chi connectivity index (χ2n) is 5.68. The fraction of sp³-hybridized carbons (Fsp3) is 0.200. The van der Waals surface area contributed by atoms with Crippen molar-refractivity contribution in [3.63, 3.8) is 0 Å². The van der Waals surface area contributed by atoms with Crippen molar-refractivity contribution in [1.82, 2.24) is 4.98 Å². The van der Waals surface area contributed by atoms with Crippen LogP contribution in [0.3, 0.4) is 0 Å². The number of carboxylic acid groups (broad SMARTS) is 1. The van der Waals surface area contributed by atoms with E-state index in [4.69, 9.17) is 13.9 Å². The summed E-state index contributed by atoms with van der Waals surface area (Å²) < 4.78 is 16.4. The maximum absolute atomic E-state index is 11.4. The molecule has 0 amide bonds. The van der Waals surface area contributed by atoms with E-state index in [-0.39, 0.29) is 5.56 Å². The van der Waals surface area contributed by atoms with Gasteiger partial charge in [-0.15, -0.1) is 0 Å². The van der Waals surface area contributed by atoms with E-state index < -0.39 is 5.97 Å². The molecule has 2 aromatic carbocycles. The van der Waals surface area contributed by atoms with Crippen molar-refractivity contribution in [2.45, 2.75) is 13.5 Å².